The third-order valence-electron chi connectivity index (χ3n) is 11.6. The normalized spacial score (nSPS) is 19.1. The third kappa shape index (κ3) is 8.07. The number of hydrogen-bond acceptors (Lipinski definition) is 6. The van der Waals surface area contributed by atoms with Crippen LogP contribution in [0.4, 0.5) is 9.18 Å². The summed E-state index contributed by atoms with van der Waals surface area (Å²) in [4.78, 5) is 60.1. The summed E-state index contributed by atoms with van der Waals surface area (Å²) in [5.74, 6) is 0.695. The Morgan fingerprint density at radius 2 is 1.37 bits per heavy atom. The van der Waals surface area contributed by atoms with Crippen molar-refractivity contribution >= 4 is 28.7 Å². The first-order valence-corrected chi connectivity index (χ1v) is 20.2. The van der Waals surface area contributed by atoms with E-state index in [9.17, 15) is 23.9 Å². The molecule has 2 aliphatic heterocycles. The average Bonchev–Trinajstić information content (AvgIpc) is 4.07. The summed E-state index contributed by atoms with van der Waals surface area (Å²) in [5.41, 5.74) is 6.52. The maximum atomic E-state index is 14.9. The molecule has 2 aromatic heterocycles. The van der Waals surface area contributed by atoms with E-state index in [0.717, 1.165) is 62.8 Å². The monoisotopic (exact) mass is 796 g/mol. The summed E-state index contributed by atoms with van der Waals surface area (Å²) in [7, 11) is 3.72. The highest BCUT2D eigenvalue weighted by molar-refractivity contribution is 5.91. The van der Waals surface area contributed by atoms with Gasteiger partial charge in [0.05, 0.1) is 42.4 Å². The molecule has 5 unspecified atom stereocenters. The van der Waals surface area contributed by atoms with Crippen molar-refractivity contribution in [1.29, 1.82) is 0 Å². The molecule has 13 heteroatoms. The summed E-state index contributed by atoms with van der Waals surface area (Å²) in [6.45, 7) is 4.24. The second-order valence-electron chi connectivity index (χ2n) is 16.2. The number of nitrogens with one attached hydrogen (secondary N) is 3. The van der Waals surface area contributed by atoms with Crippen LogP contribution >= 0.6 is 0 Å². The Balaban J connectivity index is 0.955. The van der Waals surface area contributed by atoms with Crippen molar-refractivity contribution in [2.45, 2.75) is 63.4 Å². The molecule has 2 aliphatic rings. The second-order valence-corrected chi connectivity index (χ2v) is 16.2. The number of imidazole rings is 2. The van der Waals surface area contributed by atoms with E-state index < -0.39 is 30.4 Å². The molecule has 4 N–H and O–H groups in total. The largest absolute Gasteiger partial charge is 0.465 e. The van der Waals surface area contributed by atoms with E-state index in [4.69, 9.17) is 0 Å². The predicted octanol–water partition coefficient (Wildman–Crippen LogP) is 8.16. The molecule has 0 bridgehead atoms. The number of fused-ring (bicyclic) bond motifs is 1. The van der Waals surface area contributed by atoms with Crippen molar-refractivity contribution in [3.05, 3.63) is 121 Å². The lowest BCUT2D eigenvalue weighted by Gasteiger charge is -2.31. The number of carbonyl (C=O) groups is 3. The van der Waals surface area contributed by atoms with Crippen LogP contribution in [0.2, 0.25) is 0 Å². The van der Waals surface area contributed by atoms with Crippen LogP contribution in [0.15, 0.2) is 103 Å². The number of aromatic amines is 2. The molecule has 0 spiro atoms. The second kappa shape index (κ2) is 16.5. The molecule has 12 nitrogen and oxygen atoms in total. The van der Waals surface area contributed by atoms with Gasteiger partial charge < -0.3 is 30.2 Å². The van der Waals surface area contributed by atoms with Gasteiger partial charge in [-0.1, -0.05) is 92.7 Å². The smallest absolute Gasteiger partial charge is 0.405 e. The summed E-state index contributed by atoms with van der Waals surface area (Å²) >= 11 is 0. The Morgan fingerprint density at radius 1 is 0.780 bits per heavy atom. The number of likely N-dealkylation sites (tertiary alicyclic amines) is 2. The van der Waals surface area contributed by atoms with Crippen molar-refractivity contribution in [2.75, 3.05) is 27.2 Å². The van der Waals surface area contributed by atoms with Gasteiger partial charge in [-0.2, -0.15) is 0 Å². The van der Waals surface area contributed by atoms with Crippen LogP contribution < -0.4 is 5.32 Å². The maximum Gasteiger partial charge on any atom is 0.405 e. The molecule has 59 heavy (non-hydrogen) atoms. The highest BCUT2D eigenvalue weighted by atomic mass is 19.1. The number of aromatic nitrogens is 4. The SMILES string of the molecule is CC(C)C(NC(=O)O)C(=O)N1CCCC1c1ncc(-c2ccc3cc(-c4ccc(-c5cnc(C6CC(F)CN6C(=O)C(c6ccccc6)N(C)C)[nH]5)cc4)ccc3c2)[nH]1. The Morgan fingerprint density at radius 3 is 2.02 bits per heavy atom. The molecule has 2 saturated heterocycles. The molecule has 2 fully saturated rings. The first-order valence-electron chi connectivity index (χ1n) is 20.2. The van der Waals surface area contributed by atoms with Crippen molar-refractivity contribution < 1.29 is 23.9 Å². The van der Waals surface area contributed by atoms with E-state index in [-0.39, 0.29) is 36.7 Å². The topological polar surface area (TPSA) is 151 Å². The Hall–Kier alpha value is -6.34. The summed E-state index contributed by atoms with van der Waals surface area (Å²) < 4.78 is 14.9. The van der Waals surface area contributed by atoms with E-state index in [0.29, 0.717) is 18.2 Å². The van der Waals surface area contributed by atoms with E-state index >= 15 is 0 Å². The number of rotatable bonds is 11. The number of likely N-dealkylation sites (N-methyl/N-ethyl adjacent to an activating group) is 1. The van der Waals surface area contributed by atoms with Gasteiger partial charge in [0.15, 0.2) is 0 Å². The zero-order chi connectivity index (χ0) is 41.4. The van der Waals surface area contributed by atoms with Gasteiger partial charge in [0.25, 0.3) is 0 Å². The van der Waals surface area contributed by atoms with Crippen molar-refractivity contribution in [1.82, 2.24) is 40.0 Å². The van der Waals surface area contributed by atoms with E-state index in [1.807, 2.05) is 75.3 Å². The molecule has 6 aromatic rings. The lowest BCUT2D eigenvalue weighted by atomic mass is 9.98. The Kier molecular flexibility index (Phi) is 11.0. The summed E-state index contributed by atoms with van der Waals surface area (Å²) in [5, 5.41) is 13.9. The van der Waals surface area contributed by atoms with Crippen LogP contribution in [-0.2, 0) is 9.59 Å². The van der Waals surface area contributed by atoms with Gasteiger partial charge in [0, 0.05) is 18.5 Å². The number of hydrogen-bond donors (Lipinski definition) is 4. The highest BCUT2D eigenvalue weighted by Gasteiger charge is 2.41. The predicted molar refractivity (Wildman–Crippen MR) is 225 cm³/mol. The molecule has 8 rings (SSSR count). The molecule has 4 aromatic carbocycles. The molecule has 5 atom stereocenters. The van der Waals surface area contributed by atoms with Gasteiger partial charge >= 0.3 is 6.09 Å². The number of halogens is 1. The number of benzene rings is 4. The van der Waals surface area contributed by atoms with Crippen LogP contribution in [-0.4, -0.2) is 97.0 Å². The minimum Gasteiger partial charge on any atom is -0.465 e. The van der Waals surface area contributed by atoms with E-state index in [1.165, 1.54) is 0 Å². The van der Waals surface area contributed by atoms with Crippen LogP contribution in [0.25, 0.3) is 44.4 Å². The zero-order valence-corrected chi connectivity index (χ0v) is 33.6. The van der Waals surface area contributed by atoms with Crippen LogP contribution in [0.5, 0.6) is 0 Å². The van der Waals surface area contributed by atoms with Gasteiger partial charge in [-0.05, 0) is 78.0 Å². The van der Waals surface area contributed by atoms with Crippen LogP contribution in [0.1, 0.15) is 68.4 Å². The molecule has 304 valence electrons. The van der Waals surface area contributed by atoms with Crippen molar-refractivity contribution in [3.63, 3.8) is 0 Å². The number of alkyl halides is 1. The number of nitrogens with zero attached hydrogens (tertiary/aromatic N) is 5. The molecule has 0 saturated carbocycles. The third-order valence-corrected chi connectivity index (χ3v) is 11.6. The maximum absolute atomic E-state index is 14.9. The van der Waals surface area contributed by atoms with Gasteiger partial charge in [-0.3, -0.25) is 14.5 Å². The molecular weight excluding hydrogens is 748 g/mol. The Labute approximate surface area is 342 Å². The van der Waals surface area contributed by atoms with E-state index in [1.54, 1.807) is 22.2 Å². The summed E-state index contributed by atoms with van der Waals surface area (Å²) in [6.07, 6.45) is 2.94. The quantitative estimate of drug-likeness (QED) is 0.103. The van der Waals surface area contributed by atoms with Gasteiger partial charge in [-0.15, -0.1) is 0 Å². The molecule has 4 heterocycles. The average molecular weight is 797 g/mol. The first kappa shape index (κ1) is 39.5. The zero-order valence-electron chi connectivity index (χ0n) is 33.6. The van der Waals surface area contributed by atoms with Crippen LogP contribution in [0, 0.1) is 5.92 Å². The Bertz CT molecular complexity index is 2460. The van der Waals surface area contributed by atoms with Crippen molar-refractivity contribution in [2.24, 2.45) is 5.92 Å². The lowest BCUT2D eigenvalue weighted by molar-refractivity contribution is -0.137. The first-order chi connectivity index (χ1) is 28.4. The van der Waals surface area contributed by atoms with Gasteiger partial charge in [-0.25, -0.2) is 19.2 Å². The van der Waals surface area contributed by atoms with Crippen LogP contribution in [0.3, 0.4) is 0 Å². The van der Waals surface area contributed by atoms with Gasteiger partial charge in [0.2, 0.25) is 11.8 Å². The summed E-state index contributed by atoms with van der Waals surface area (Å²) in [6, 6.07) is 28.3. The fourth-order valence-corrected chi connectivity index (χ4v) is 8.62. The molecule has 3 amide bonds. The fraction of sp³-hybridized carbons (Fsp3) is 0.326. The van der Waals surface area contributed by atoms with Crippen molar-refractivity contribution in [3.8, 4) is 33.6 Å². The fourth-order valence-electron chi connectivity index (χ4n) is 8.62. The highest BCUT2D eigenvalue weighted by Crippen LogP contribution is 2.37. The minimum atomic E-state index is -1.21. The van der Waals surface area contributed by atoms with E-state index in [2.05, 4.69) is 73.8 Å². The standard InChI is InChI=1S/C46H49FN8O4/c1-27(2)40(52-46(58)59)44(56)54-20-8-11-38(54)42-48-25-37(51-42)34-19-18-32-21-31(16-17-33(32)22-34)28-12-14-29(15-13-28)36-24-49-43(50-36)39-23-35(47)26-55(39)45(57)41(53(3)4)30-9-6-5-7-10-30/h5-7,9-10,12-19,21-22,24-25,27,35,38-41,52H,8,11,20,23,26H2,1-4H3,(H,48,51)(H,49,50)(H,58,59). The molecular formula is C46H49FN8O4. The number of H-pyrrole nitrogens is 2. The molecule has 0 radical (unpaired) electrons. The minimum absolute atomic E-state index is 0.0289. The number of carbonyl (C=O) groups excluding carboxylic acids is 2. The number of amides is 3. The lowest BCUT2D eigenvalue weighted by Crippen LogP contribution is -2.50. The van der Waals surface area contributed by atoms with Gasteiger partial charge in [0.1, 0.15) is 29.9 Å². The number of carboxylic acid groups (broad SMARTS) is 1. The molecule has 0 aliphatic carbocycles.